The van der Waals surface area contributed by atoms with Gasteiger partial charge in [-0.2, -0.15) is 4.98 Å². The van der Waals surface area contributed by atoms with E-state index in [0.29, 0.717) is 5.56 Å². The van der Waals surface area contributed by atoms with Crippen molar-refractivity contribution in [3.05, 3.63) is 88.6 Å². The molecule has 2 aromatic heterocycles. The quantitative estimate of drug-likeness (QED) is 0.139. The van der Waals surface area contributed by atoms with E-state index in [-0.39, 0.29) is 33.8 Å². The number of halogens is 2. The van der Waals surface area contributed by atoms with Crippen LogP contribution in [0.15, 0.2) is 67.0 Å². The number of ether oxygens (including phenoxy) is 4. The molecular weight excluding hydrogens is 551 g/mol. The molecule has 200 valence electrons. The lowest BCUT2D eigenvalue weighted by molar-refractivity contribution is -0.156. The lowest BCUT2D eigenvalue weighted by atomic mass is 10.1. The molecule has 0 N–H and O–H groups in total. The molecule has 4 atom stereocenters. The SMILES string of the molecule is CC(=O)O[C@H]1[C@H](OC(=O)c2ccccc2)[C@H](COC(=O)c2ccccc2)O[C@@H]1n1cnc2c(Cl)nc(Cl)nc21. The van der Waals surface area contributed by atoms with Crippen LogP contribution in [-0.2, 0) is 23.7 Å². The number of hydrogen-bond acceptors (Lipinski definition) is 10. The molecule has 0 unspecified atom stereocenters. The van der Waals surface area contributed by atoms with Crippen LogP contribution in [-0.4, -0.2) is 62.3 Å². The summed E-state index contributed by atoms with van der Waals surface area (Å²) in [6, 6.07) is 16.6. The molecule has 1 aliphatic rings. The fourth-order valence-corrected chi connectivity index (χ4v) is 4.57. The van der Waals surface area contributed by atoms with Gasteiger partial charge in [0.05, 0.1) is 17.5 Å². The van der Waals surface area contributed by atoms with Crippen LogP contribution in [0.1, 0.15) is 33.9 Å². The Balaban J connectivity index is 1.50. The van der Waals surface area contributed by atoms with Gasteiger partial charge in [-0.05, 0) is 35.9 Å². The molecule has 1 saturated heterocycles. The predicted octanol–water partition coefficient (Wildman–Crippen LogP) is 4.04. The first-order chi connectivity index (χ1) is 18.8. The zero-order valence-electron chi connectivity index (χ0n) is 20.3. The molecule has 1 fully saturated rings. The van der Waals surface area contributed by atoms with E-state index in [4.69, 9.17) is 42.1 Å². The minimum atomic E-state index is -1.18. The number of imidazole rings is 1. The molecular formula is C26H20Cl2N4O7. The predicted molar refractivity (Wildman–Crippen MR) is 137 cm³/mol. The maximum atomic E-state index is 13.0. The highest BCUT2D eigenvalue weighted by Crippen LogP contribution is 2.37. The van der Waals surface area contributed by atoms with Crippen molar-refractivity contribution in [2.75, 3.05) is 6.61 Å². The molecule has 2 aromatic carbocycles. The minimum Gasteiger partial charge on any atom is -0.459 e. The van der Waals surface area contributed by atoms with E-state index in [0.717, 1.165) is 0 Å². The molecule has 0 radical (unpaired) electrons. The number of carbonyl (C=O) groups is 3. The Bertz CT molecular complexity index is 1520. The zero-order chi connectivity index (χ0) is 27.5. The summed E-state index contributed by atoms with van der Waals surface area (Å²) >= 11 is 12.2. The van der Waals surface area contributed by atoms with Gasteiger partial charge in [0.25, 0.3) is 0 Å². The molecule has 3 heterocycles. The Hall–Kier alpha value is -4.06. The third kappa shape index (κ3) is 5.70. The van der Waals surface area contributed by atoms with Gasteiger partial charge in [-0.3, -0.25) is 9.36 Å². The van der Waals surface area contributed by atoms with Crippen LogP contribution in [0.5, 0.6) is 0 Å². The summed E-state index contributed by atoms with van der Waals surface area (Å²) in [4.78, 5) is 50.1. The highest BCUT2D eigenvalue weighted by molar-refractivity contribution is 6.35. The molecule has 4 aromatic rings. The van der Waals surface area contributed by atoms with Crippen LogP contribution in [0.3, 0.4) is 0 Å². The van der Waals surface area contributed by atoms with Crippen LogP contribution in [0.2, 0.25) is 10.4 Å². The lowest BCUT2D eigenvalue weighted by Gasteiger charge is -2.24. The second-order valence-corrected chi connectivity index (χ2v) is 9.14. The largest absolute Gasteiger partial charge is 0.459 e. The van der Waals surface area contributed by atoms with E-state index >= 15 is 0 Å². The van der Waals surface area contributed by atoms with Gasteiger partial charge >= 0.3 is 17.9 Å². The number of aromatic nitrogens is 4. The van der Waals surface area contributed by atoms with E-state index in [2.05, 4.69) is 15.0 Å². The van der Waals surface area contributed by atoms with E-state index in [1.165, 1.54) is 17.8 Å². The summed E-state index contributed by atoms with van der Waals surface area (Å²) in [7, 11) is 0. The molecule has 39 heavy (non-hydrogen) atoms. The average molecular weight is 571 g/mol. The maximum Gasteiger partial charge on any atom is 0.338 e. The third-order valence-electron chi connectivity index (χ3n) is 5.85. The molecule has 1 aliphatic heterocycles. The van der Waals surface area contributed by atoms with Gasteiger partial charge in [-0.15, -0.1) is 0 Å². The zero-order valence-corrected chi connectivity index (χ0v) is 21.8. The fraction of sp³-hybridized carbons (Fsp3) is 0.231. The molecule has 0 aliphatic carbocycles. The van der Waals surface area contributed by atoms with Gasteiger partial charge in [0, 0.05) is 6.92 Å². The highest BCUT2D eigenvalue weighted by Gasteiger charge is 2.51. The summed E-state index contributed by atoms with van der Waals surface area (Å²) in [5.41, 5.74) is 1.00. The first-order valence-electron chi connectivity index (χ1n) is 11.7. The second kappa shape index (κ2) is 11.4. The van der Waals surface area contributed by atoms with Gasteiger partial charge in [-0.1, -0.05) is 48.0 Å². The topological polar surface area (TPSA) is 132 Å². The van der Waals surface area contributed by atoms with E-state index < -0.39 is 42.4 Å². The molecule has 0 saturated carbocycles. The molecule has 0 bridgehead atoms. The van der Waals surface area contributed by atoms with Crippen molar-refractivity contribution < 1.29 is 33.3 Å². The summed E-state index contributed by atoms with van der Waals surface area (Å²) in [5.74, 6) is -1.96. The number of fused-ring (bicyclic) bond motifs is 1. The summed E-state index contributed by atoms with van der Waals surface area (Å²) in [6.07, 6.45) is -3.14. The third-order valence-corrected chi connectivity index (χ3v) is 6.29. The van der Waals surface area contributed by atoms with Crippen molar-refractivity contribution in [1.29, 1.82) is 0 Å². The minimum absolute atomic E-state index is 0.00572. The summed E-state index contributed by atoms with van der Waals surface area (Å²) in [6.45, 7) is 0.885. The Kier molecular flexibility index (Phi) is 7.73. The standard InChI is InChI=1S/C26H20Cl2N4O7/c1-14(33)37-20-19(39-25(35)16-10-6-3-7-11-16)17(12-36-24(34)15-8-4-2-5-9-15)38-23(20)32-13-29-18-21(27)30-26(28)31-22(18)32/h2-11,13,17,19-20,23H,12H2,1H3/t17-,19+,20-,23-/m0/s1. The number of esters is 3. The van der Waals surface area contributed by atoms with Crippen LogP contribution < -0.4 is 0 Å². The first-order valence-corrected chi connectivity index (χ1v) is 12.4. The summed E-state index contributed by atoms with van der Waals surface area (Å²) in [5, 5.41) is -0.136. The molecule has 0 spiro atoms. The van der Waals surface area contributed by atoms with Crippen LogP contribution in [0, 0.1) is 0 Å². The monoisotopic (exact) mass is 570 g/mol. The molecule has 13 heteroatoms. The van der Waals surface area contributed by atoms with Crippen LogP contribution >= 0.6 is 23.2 Å². The van der Waals surface area contributed by atoms with E-state index in [1.54, 1.807) is 60.7 Å². The highest BCUT2D eigenvalue weighted by atomic mass is 35.5. The van der Waals surface area contributed by atoms with Gasteiger partial charge in [0.15, 0.2) is 29.2 Å². The Morgan fingerprint density at radius 2 is 1.54 bits per heavy atom. The Labute approximate surface area is 231 Å². The number of nitrogens with zero attached hydrogens (tertiary/aromatic N) is 4. The Morgan fingerprint density at radius 3 is 2.18 bits per heavy atom. The normalized spacial score (nSPS) is 20.5. The number of hydrogen-bond donors (Lipinski definition) is 0. The van der Waals surface area contributed by atoms with Crippen molar-refractivity contribution in [3.63, 3.8) is 0 Å². The van der Waals surface area contributed by atoms with Crippen molar-refractivity contribution >= 4 is 52.3 Å². The molecule has 11 nitrogen and oxygen atoms in total. The number of rotatable bonds is 7. The van der Waals surface area contributed by atoms with Crippen molar-refractivity contribution in [2.45, 2.75) is 31.5 Å². The van der Waals surface area contributed by atoms with Crippen LogP contribution in [0.4, 0.5) is 0 Å². The van der Waals surface area contributed by atoms with Gasteiger partial charge in [0.2, 0.25) is 5.28 Å². The number of benzene rings is 2. The number of carbonyl (C=O) groups excluding carboxylic acids is 3. The molecule has 0 amide bonds. The van der Waals surface area contributed by atoms with Gasteiger partial charge in [0.1, 0.15) is 18.2 Å². The summed E-state index contributed by atoms with van der Waals surface area (Å²) < 4.78 is 24.5. The smallest absolute Gasteiger partial charge is 0.338 e. The lowest BCUT2D eigenvalue weighted by Crippen LogP contribution is -2.41. The average Bonchev–Trinajstić information content (AvgIpc) is 3.49. The maximum absolute atomic E-state index is 13.0. The second-order valence-electron chi connectivity index (χ2n) is 8.45. The first kappa shape index (κ1) is 26.5. The van der Waals surface area contributed by atoms with Crippen LogP contribution in [0.25, 0.3) is 11.2 Å². The Morgan fingerprint density at radius 1 is 0.897 bits per heavy atom. The van der Waals surface area contributed by atoms with E-state index in [1.807, 2.05) is 0 Å². The fourth-order valence-electron chi connectivity index (χ4n) is 4.15. The van der Waals surface area contributed by atoms with E-state index in [9.17, 15) is 14.4 Å². The molecule has 5 rings (SSSR count). The van der Waals surface area contributed by atoms with Gasteiger partial charge < -0.3 is 18.9 Å². The van der Waals surface area contributed by atoms with Gasteiger partial charge in [-0.25, -0.2) is 19.6 Å². The van der Waals surface area contributed by atoms with Crippen molar-refractivity contribution in [1.82, 2.24) is 19.5 Å². The van der Waals surface area contributed by atoms with Crippen molar-refractivity contribution in [3.8, 4) is 0 Å². The van der Waals surface area contributed by atoms with Crippen molar-refractivity contribution in [2.24, 2.45) is 0 Å².